The first-order valence-electron chi connectivity index (χ1n) is 5.71. The molecule has 0 spiro atoms. The minimum absolute atomic E-state index is 0.00881. The summed E-state index contributed by atoms with van der Waals surface area (Å²) in [4.78, 5) is 19.5. The Morgan fingerprint density at radius 2 is 2.29 bits per heavy atom. The molecule has 2 rings (SSSR count). The van der Waals surface area contributed by atoms with Gasteiger partial charge in [0.25, 0.3) is 0 Å². The number of nitrogens with one attached hydrogen (secondary N) is 3. The molecular weight excluding hydrogens is 218 g/mol. The molecule has 1 aromatic heterocycles. The van der Waals surface area contributed by atoms with Gasteiger partial charge in [-0.2, -0.15) is 0 Å². The smallest absolute Gasteiger partial charge is 0.240 e. The van der Waals surface area contributed by atoms with Gasteiger partial charge in [0.2, 0.25) is 11.9 Å². The van der Waals surface area contributed by atoms with E-state index in [0.29, 0.717) is 5.95 Å². The molecule has 2 heterocycles. The number of hydrogen-bond donors (Lipinski definition) is 3. The molecule has 1 aromatic rings. The topological polar surface area (TPSA) is 78.9 Å². The molecular formula is C11H17N5O. The zero-order valence-electron chi connectivity index (χ0n) is 9.86. The number of hydrogen-bond acceptors (Lipinski definition) is 5. The first-order chi connectivity index (χ1) is 8.18. The molecule has 1 aliphatic rings. The predicted octanol–water partition coefficient (Wildman–Crippen LogP) is -0.243. The first kappa shape index (κ1) is 11.9. The second-order valence-corrected chi connectivity index (χ2v) is 4.46. The Morgan fingerprint density at radius 3 is 2.94 bits per heavy atom. The van der Waals surface area contributed by atoms with Crippen LogP contribution in [0.5, 0.6) is 0 Å². The lowest BCUT2D eigenvalue weighted by Gasteiger charge is -2.23. The Labute approximate surface area is 100 Å². The van der Waals surface area contributed by atoms with Gasteiger partial charge in [0.15, 0.2) is 0 Å². The van der Waals surface area contributed by atoms with E-state index in [1.807, 2.05) is 0 Å². The molecule has 0 aromatic carbocycles. The normalized spacial score (nSPS) is 23.6. The maximum atomic E-state index is 11.6. The number of carbonyl (C=O) groups excluding carboxylic acids is 1. The van der Waals surface area contributed by atoms with Crippen LogP contribution < -0.4 is 16.0 Å². The van der Waals surface area contributed by atoms with Crippen LogP contribution in [-0.4, -0.2) is 41.0 Å². The summed E-state index contributed by atoms with van der Waals surface area (Å²) in [7, 11) is 0. The van der Waals surface area contributed by atoms with Gasteiger partial charge in [0.1, 0.15) is 0 Å². The van der Waals surface area contributed by atoms with Gasteiger partial charge in [-0.05, 0) is 26.0 Å². The molecule has 1 atom stereocenters. The third-order valence-corrected chi connectivity index (χ3v) is 2.86. The highest BCUT2D eigenvalue weighted by atomic mass is 16.2. The van der Waals surface area contributed by atoms with Crippen LogP contribution in [-0.2, 0) is 4.79 Å². The molecule has 1 fully saturated rings. The van der Waals surface area contributed by atoms with Crippen LogP contribution in [0.1, 0.15) is 13.3 Å². The molecule has 0 saturated carbocycles. The molecule has 0 bridgehead atoms. The maximum Gasteiger partial charge on any atom is 0.240 e. The molecule has 6 heteroatoms. The fraction of sp³-hybridized carbons (Fsp3) is 0.545. The first-order valence-corrected chi connectivity index (χ1v) is 5.71. The summed E-state index contributed by atoms with van der Waals surface area (Å²) in [5.41, 5.74) is 0.00881. The molecule has 1 aliphatic heterocycles. The van der Waals surface area contributed by atoms with Gasteiger partial charge in [0, 0.05) is 24.5 Å². The van der Waals surface area contributed by atoms with Gasteiger partial charge >= 0.3 is 0 Å². The predicted molar refractivity (Wildman–Crippen MR) is 64.6 cm³/mol. The van der Waals surface area contributed by atoms with Crippen molar-refractivity contribution in [2.45, 2.75) is 18.9 Å². The Morgan fingerprint density at radius 1 is 1.53 bits per heavy atom. The summed E-state index contributed by atoms with van der Waals surface area (Å²) >= 11 is 0. The number of anilines is 1. The zero-order chi connectivity index (χ0) is 12.1. The molecule has 0 aliphatic carbocycles. The highest BCUT2D eigenvalue weighted by molar-refractivity contribution is 5.90. The van der Waals surface area contributed by atoms with Crippen LogP contribution in [0.4, 0.5) is 5.95 Å². The Balaban J connectivity index is 1.78. The van der Waals surface area contributed by atoms with E-state index >= 15 is 0 Å². The molecule has 0 radical (unpaired) electrons. The van der Waals surface area contributed by atoms with Crippen LogP contribution in [0.15, 0.2) is 18.5 Å². The summed E-state index contributed by atoms with van der Waals surface area (Å²) in [6, 6.07) is 1.71. The van der Waals surface area contributed by atoms with E-state index in [1.54, 1.807) is 18.5 Å². The lowest BCUT2D eigenvalue weighted by atomic mass is 10.0. The summed E-state index contributed by atoms with van der Waals surface area (Å²) in [6.45, 7) is 4.27. The van der Waals surface area contributed by atoms with E-state index in [4.69, 9.17) is 0 Å². The molecule has 1 saturated heterocycles. The maximum absolute atomic E-state index is 11.6. The fourth-order valence-corrected chi connectivity index (χ4v) is 1.79. The van der Waals surface area contributed by atoms with Gasteiger partial charge in [-0.3, -0.25) is 10.1 Å². The Bertz CT molecular complexity index is 375. The van der Waals surface area contributed by atoms with Gasteiger partial charge < -0.3 is 10.6 Å². The van der Waals surface area contributed by atoms with Gasteiger partial charge in [-0.25, -0.2) is 9.97 Å². The van der Waals surface area contributed by atoms with E-state index in [-0.39, 0.29) is 18.0 Å². The zero-order valence-corrected chi connectivity index (χ0v) is 9.86. The van der Waals surface area contributed by atoms with Crippen LogP contribution in [0.2, 0.25) is 0 Å². The molecule has 3 N–H and O–H groups in total. The number of nitrogens with zero attached hydrogens (tertiary/aromatic N) is 2. The number of aromatic nitrogens is 2. The molecule has 17 heavy (non-hydrogen) atoms. The highest BCUT2D eigenvalue weighted by Crippen LogP contribution is 2.12. The number of rotatable bonds is 4. The highest BCUT2D eigenvalue weighted by Gasteiger charge is 2.28. The van der Waals surface area contributed by atoms with Gasteiger partial charge in [0.05, 0.1) is 6.54 Å². The SMILES string of the molecule is CC1(NCC(=O)Nc2ncccn2)CCNC1. The van der Waals surface area contributed by atoms with Crippen LogP contribution in [0, 0.1) is 0 Å². The van der Waals surface area contributed by atoms with Crippen molar-refractivity contribution in [1.29, 1.82) is 0 Å². The Hall–Kier alpha value is -1.53. The van der Waals surface area contributed by atoms with Crippen LogP contribution >= 0.6 is 0 Å². The third kappa shape index (κ3) is 3.47. The van der Waals surface area contributed by atoms with E-state index in [2.05, 4.69) is 32.8 Å². The van der Waals surface area contributed by atoms with E-state index in [1.165, 1.54) is 0 Å². The van der Waals surface area contributed by atoms with E-state index in [9.17, 15) is 4.79 Å². The Kier molecular flexibility index (Phi) is 3.65. The quantitative estimate of drug-likeness (QED) is 0.671. The lowest BCUT2D eigenvalue weighted by Crippen LogP contribution is -2.47. The van der Waals surface area contributed by atoms with Crippen molar-refractivity contribution in [3.8, 4) is 0 Å². The van der Waals surface area contributed by atoms with Crippen LogP contribution in [0.25, 0.3) is 0 Å². The van der Waals surface area contributed by atoms with E-state index < -0.39 is 0 Å². The van der Waals surface area contributed by atoms with Crippen molar-refractivity contribution in [3.05, 3.63) is 18.5 Å². The summed E-state index contributed by atoms with van der Waals surface area (Å²) in [5, 5.41) is 9.15. The lowest BCUT2D eigenvalue weighted by molar-refractivity contribution is -0.115. The number of amides is 1. The molecule has 1 amide bonds. The van der Waals surface area contributed by atoms with Crippen molar-refractivity contribution >= 4 is 11.9 Å². The fourth-order valence-electron chi connectivity index (χ4n) is 1.79. The van der Waals surface area contributed by atoms with Crippen molar-refractivity contribution in [1.82, 2.24) is 20.6 Å². The van der Waals surface area contributed by atoms with Crippen molar-refractivity contribution in [2.75, 3.05) is 25.0 Å². The second kappa shape index (κ2) is 5.20. The summed E-state index contributed by atoms with van der Waals surface area (Å²) in [6.07, 6.45) is 4.22. The summed E-state index contributed by atoms with van der Waals surface area (Å²) < 4.78 is 0. The van der Waals surface area contributed by atoms with Crippen molar-refractivity contribution in [3.63, 3.8) is 0 Å². The number of carbonyl (C=O) groups is 1. The minimum atomic E-state index is -0.121. The van der Waals surface area contributed by atoms with E-state index in [0.717, 1.165) is 19.5 Å². The monoisotopic (exact) mass is 235 g/mol. The molecule has 6 nitrogen and oxygen atoms in total. The van der Waals surface area contributed by atoms with Gasteiger partial charge in [-0.1, -0.05) is 0 Å². The third-order valence-electron chi connectivity index (χ3n) is 2.86. The standard InChI is InChI=1S/C11H17N5O/c1-11(3-6-12-8-11)15-7-9(17)16-10-13-4-2-5-14-10/h2,4-5,12,15H,3,6-8H2,1H3,(H,13,14,16,17). The summed E-state index contributed by atoms with van der Waals surface area (Å²) in [5.74, 6) is 0.221. The van der Waals surface area contributed by atoms with Crippen molar-refractivity contribution in [2.24, 2.45) is 0 Å². The molecule has 92 valence electrons. The van der Waals surface area contributed by atoms with Crippen molar-refractivity contribution < 1.29 is 4.79 Å². The minimum Gasteiger partial charge on any atom is -0.315 e. The average Bonchev–Trinajstić information content (AvgIpc) is 2.76. The van der Waals surface area contributed by atoms with Crippen LogP contribution in [0.3, 0.4) is 0 Å². The largest absolute Gasteiger partial charge is 0.315 e. The molecule has 1 unspecified atom stereocenters. The average molecular weight is 235 g/mol. The van der Waals surface area contributed by atoms with Gasteiger partial charge in [-0.15, -0.1) is 0 Å². The second-order valence-electron chi connectivity index (χ2n) is 4.46.